The van der Waals surface area contributed by atoms with Crippen molar-refractivity contribution in [2.45, 2.75) is 6.17 Å². The Labute approximate surface area is 106 Å². The number of hydrazine groups is 1. The molecule has 0 spiro atoms. The van der Waals surface area contributed by atoms with Crippen LogP contribution < -0.4 is 25.9 Å². The van der Waals surface area contributed by atoms with E-state index in [0.29, 0.717) is 19.8 Å². The van der Waals surface area contributed by atoms with Gasteiger partial charge in [0.2, 0.25) is 0 Å². The van der Waals surface area contributed by atoms with Crippen LogP contribution >= 0.6 is 0 Å². The number of fused-ring (bicyclic) bond motifs is 1. The maximum Gasteiger partial charge on any atom is 0.184 e. The average Bonchev–Trinajstić information content (AvgIpc) is 2.41. The van der Waals surface area contributed by atoms with Gasteiger partial charge in [-0.2, -0.15) is 0 Å². The highest BCUT2D eigenvalue weighted by Gasteiger charge is 2.26. The molecule has 6 heteroatoms. The molecule has 0 saturated carbocycles. The third-order valence-corrected chi connectivity index (χ3v) is 3.35. The molecule has 0 aromatic heterocycles. The second kappa shape index (κ2) is 4.64. The van der Waals surface area contributed by atoms with Gasteiger partial charge < -0.3 is 20.1 Å². The number of benzene rings is 1. The number of piperazine rings is 1. The monoisotopic (exact) mass is 250 g/mol. The molecule has 1 saturated heterocycles. The first-order valence-corrected chi connectivity index (χ1v) is 6.16. The van der Waals surface area contributed by atoms with Crippen molar-refractivity contribution in [2.24, 2.45) is 11.6 Å². The number of anilines is 1. The van der Waals surface area contributed by atoms with Crippen molar-refractivity contribution < 1.29 is 9.47 Å². The van der Waals surface area contributed by atoms with Crippen LogP contribution in [0.3, 0.4) is 0 Å². The molecule has 18 heavy (non-hydrogen) atoms. The molecule has 3 rings (SSSR count). The highest BCUT2D eigenvalue weighted by Crippen LogP contribution is 2.39. The number of ether oxygens (including phenoxy) is 2. The van der Waals surface area contributed by atoms with Crippen LogP contribution in [0.4, 0.5) is 5.69 Å². The van der Waals surface area contributed by atoms with Gasteiger partial charge in [0.15, 0.2) is 11.5 Å². The minimum atomic E-state index is -0.154. The zero-order valence-electron chi connectivity index (χ0n) is 10.2. The summed E-state index contributed by atoms with van der Waals surface area (Å²) in [4.78, 5) is 2.20. The number of hydrogen-bond donors (Lipinski definition) is 2. The van der Waals surface area contributed by atoms with E-state index in [9.17, 15) is 0 Å². The first kappa shape index (κ1) is 11.6. The average molecular weight is 250 g/mol. The second-order valence-corrected chi connectivity index (χ2v) is 4.55. The van der Waals surface area contributed by atoms with Crippen LogP contribution in [0.2, 0.25) is 0 Å². The van der Waals surface area contributed by atoms with E-state index in [1.807, 2.05) is 18.2 Å². The summed E-state index contributed by atoms with van der Waals surface area (Å²) in [7, 11) is 0. The zero-order chi connectivity index (χ0) is 12.5. The first-order chi connectivity index (χ1) is 8.75. The van der Waals surface area contributed by atoms with Crippen molar-refractivity contribution in [3.05, 3.63) is 18.2 Å². The van der Waals surface area contributed by atoms with Gasteiger partial charge in [-0.15, -0.1) is 0 Å². The third kappa shape index (κ3) is 1.98. The smallest absolute Gasteiger partial charge is 0.184 e. The topological polar surface area (TPSA) is 77.0 Å². The van der Waals surface area contributed by atoms with Gasteiger partial charge in [-0.3, -0.25) is 5.84 Å². The fourth-order valence-corrected chi connectivity index (χ4v) is 2.35. The number of hydrogen-bond acceptors (Lipinski definition) is 6. The van der Waals surface area contributed by atoms with E-state index in [1.54, 1.807) is 5.01 Å². The molecular formula is C12H18N4O2. The van der Waals surface area contributed by atoms with Gasteiger partial charge >= 0.3 is 0 Å². The fraction of sp³-hybridized carbons (Fsp3) is 0.500. The molecule has 98 valence electrons. The van der Waals surface area contributed by atoms with Gasteiger partial charge in [-0.1, -0.05) is 6.07 Å². The Bertz CT molecular complexity index is 440. The quantitative estimate of drug-likeness (QED) is 0.669. The summed E-state index contributed by atoms with van der Waals surface area (Å²) in [6.07, 6.45) is -0.154. The Kier molecular flexibility index (Phi) is 2.99. The van der Waals surface area contributed by atoms with E-state index in [2.05, 4.69) is 4.90 Å². The zero-order valence-corrected chi connectivity index (χ0v) is 10.2. The Morgan fingerprint density at radius 1 is 1.17 bits per heavy atom. The summed E-state index contributed by atoms with van der Waals surface area (Å²) >= 11 is 0. The minimum Gasteiger partial charge on any atom is -0.486 e. The van der Waals surface area contributed by atoms with Crippen molar-refractivity contribution in [2.75, 3.05) is 37.7 Å². The molecule has 0 aliphatic carbocycles. The minimum absolute atomic E-state index is 0.154. The Hall–Kier alpha value is -1.50. The lowest BCUT2D eigenvalue weighted by atomic mass is 10.2. The third-order valence-electron chi connectivity index (χ3n) is 3.35. The molecule has 1 aromatic rings. The van der Waals surface area contributed by atoms with E-state index in [1.165, 1.54) is 0 Å². The Balaban J connectivity index is 1.88. The Morgan fingerprint density at radius 3 is 2.83 bits per heavy atom. The van der Waals surface area contributed by atoms with Gasteiger partial charge in [-0.25, -0.2) is 5.01 Å². The molecule has 2 aliphatic heterocycles. The van der Waals surface area contributed by atoms with E-state index in [-0.39, 0.29) is 6.17 Å². The van der Waals surface area contributed by atoms with Gasteiger partial charge in [0, 0.05) is 19.6 Å². The van der Waals surface area contributed by atoms with E-state index in [4.69, 9.17) is 21.1 Å². The van der Waals surface area contributed by atoms with Gasteiger partial charge in [0.25, 0.3) is 0 Å². The number of rotatable bonds is 1. The van der Waals surface area contributed by atoms with Crippen LogP contribution in [0.5, 0.6) is 11.5 Å². The second-order valence-electron chi connectivity index (χ2n) is 4.55. The molecule has 4 N–H and O–H groups in total. The molecule has 1 unspecified atom stereocenters. The summed E-state index contributed by atoms with van der Waals surface area (Å²) in [5.74, 6) is 7.41. The van der Waals surface area contributed by atoms with Gasteiger partial charge in [-0.05, 0) is 12.1 Å². The molecule has 1 atom stereocenters. The van der Waals surface area contributed by atoms with Crippen LogP contribution in [0, 0.1) is 0 Å². The maximum atomic E-state index is 5.97. The molecule has 0 amide bonds. The lowest BCUT2D eigenvalue weighted by Crippen LogP contribution is -2.60. The molecule has 6 nitrogen and oxygen atoms in total. The predicted molar refractivity (Wildman–Crippen MR) is 68.5 cm³/mol. The van der Waals surface area contributed by atoms with Crippen LogP contribution in [-0.4, -0.2) is 44.0 Å². The SMILES string of the molecule is NC1CN(c2cccc3c2OCCO3)CCN1N. The molecule has 2 heterocycles. The number of para-hydroxylation sites is 1. The molecular weight excluding hydrogens is 232 g/mol. The van der Waals surface area contributed by atoms with E-state index in [0.717, 1.165) is 30.3 Å². The van der Waals surface area contributed by atoms with Crippen molar-refractivity contribution in [1.82, 2.24) is 5.01 Å². The highest BCUT2D eigenvalue weighted by atomic mass is 16.6. The van der Waals surface area contributed by atoms with Crippen molar-refractivity contribution >= 4 is 5.69 Å². The van der Waals surface area contributed by atoms with Crippen LogP contribution in [0.15, 0.2) is 18.2 Å². The molecule has 0 radical (unpaired) electrons. The van der Waals surface area contributed by atoms with Crippen LogP contribution in [0.25, 0.3) is 0 Å². The lowest BCUT2D eigenvalue weighted by Gasteiger charge is -2.39. The molecule has 1 fully saturated rings. The van der Waals surface area contributed by atoms with Gasteiger partial charge in [0.1, 0.15) is 13.2 Å². The summed E-state index contributed by atoms with van der Waals surface area (Å²) in [5.41, 5.74) is 7.01. The summed E-state index contributed by atoms with van der Waals surface area (Å²) in [5, 5.41) is 1.67. The summed E-state index contributed by atoms with van der Waals surface area (Å²) < 4.78 is 11.3. The van der Waals surface area contributed by atoms with Gasteiger partial charge in [0.05, 0.1) is 11.9 Å². The Morgan fingerprint density at radius 2 is 2.00 bits per heavy atom. The number of nitrogens with two attached hydrogens (primary N) is 2. The van der Waals surface area contributed by atoms with Crippen molar-refractivity contribution in [3.8, 4) is 11.5 Å². The normalized spacial score (nSPS) is 24.1. The summed E-state index contributed by atoms with van der Waals surface area (Å²) in [6, 6.07) is 5.94. The predicted octanol–water partition coefficient (Wildman–Crippen LogP) is -0.262. The van der Waals surface area contributed by atoms with Crippen molar-refractivity contribution in [1.29, 1.82) is 0 Å². The van der Waals surface area contributed by atoms with Crippen LogP contribution in [-0.2, 0) is 0 Å². The molecule has 1 aromatic carbocycles. The van der Waals surface area contributed by atoms with Crippen LogP contribution in [0.1, 0.15) is 0 Å². The van der Waals surface area contributed by atoms with E-state index < -0.39 is 0 Å². The largest absolute Gasteiger partial charge is 0.486 e. The fourth-order valence-electron chi connectivity index (χ4n) is 2.35. The highest BCUT2D eigenvalue weighted by molar-refractivity contribution is 5.65. The standard InChI is InChI=1S/C12H18N4O2/c13-11-8-15(4-5-16(11)14)9-2-1-3-10-12(9)18-7-6-17-10/h1-3,11H,4-8,13-14H2. The molecule has 2 aliphatic rings. The lowest BCUT2D eigenvalue weighted by molar-refractivity contribution is 0.167. The van der Waals surface area contributed by atoms with E-state index >= 15 is 0 Å². The maximum absolute atomic E-state index is 5.97. The molecule has 0 bridgehead atoms. The van der Waals surface area contributed by atoms with Crippen molar-refractivity contribution in [3.63, 3.8) is 0 Å². The number of nitrogens with zero attached hydrogens (tertiary/aromatic N) is 2. The summed E-state index contributed by atoms with van der Waals surface area (Å²) in [6.45, 7) is 3.46. The first-order valence-electron chi connectivity index (χ1n) is 6.16.